The van der Waals surface area contributed by atoms with E-state index in [9.17, 15) is 4.79 Å². The number of carbonyl (C=O) groups excluding carboxylic acids is 1. The minimum Gasteiger partial charge on any atom is -0.380 e. The molecule has 1 amide bonds. The molecule has 4 heterocycles. The summed E-state index contributed by atoms with van der Waals surface area (Å²) in [5.41, 5.74) is 3.49. The van der Waals surface area contributed by atoms with E-state index in [4.69, 9.17) is 14.5 Å². The van der Waals surface area contributed by atoms with Crippen molar-refractivity contribution in [2.75, 3.05) is 46.5 Å². The number of imidazole rings is 1. The number of amides is 1. The summed E-state index contributed by atoms with van der Waals surface area (Å²) in [7, 11) is 1.78. The molecule has 0 aliphatic carbocycles. The van der Waals surface area contributed by atoms with Crippen LogP contribution in [0.5, 0.6) is 0 Å². The van der Waals surface area contributed by atoms with Crippen molar-refractivity contribution in [2.45, 2.75) is 32.4 Å². The molecule has 2 saturated heterocycles. The van der Waals surface area contributed by atoms with Gasteiger partial charge in [-0.15, -0.1) is 0 Å². The summed E-state index contributed by atoms with van der Waals surface area (Å²) in [5, 5.41) is 0. The van der Waals surface area contributed by atoms with Gasteiger partial charge in [0.15, 0.2) is 5.69 Å². The fourth-order valence-electron chi connectivity index (χ4n) is 4.05. The third-order valence-electron chi connectivity index (χ3n) is 5.61. The third-order valence-corrected chi connectivity index (χ3v) is 5.61. The summed E-state index contributed by atoms with van der Waals surface area (Å²) < 4.78 is 13.0. The van der Waals surface area contributed by atoms with E-state index in [1.165, 1.54) is 0 Å². The van der Waals surface area contributed by atoms with Gasteiger partial charge in [-0.2, -0.15) is 0 Å². The smallest absolute Gasteiger partial charge is 0.274 e. The van der Waals surface area contributed by atoms with Crippen LogP contribution in [0.1, 0.15) is 34.6 Å². The van der Waals surface area contributed by atoms with Gasteiger partial charge >= 0.3 is 0 Å². The lowest BCUT2D eigenvalue weighted by Crippen LogP contribution is -2.42. The van der Waals surface area contributed by atoms with E-state index < -0.39 is 0 Å². The van der Waals surface area contributed by atoms with E-state index in [0.717, 1.165) is 42.8 Å². The highest BCUT2D eigenvalue weighted by atomic mass is 16.5. The van der Waals surface area contributed by atoms with Gasteiger partial charge in [-0.3, -0.25) is 9.69 Å². The summed E-state index contributed by atoms with van der Waals surface area (Å²) in [6.45, 7) is 7.09. The Morgan fingerprint density at radius 2 is 2.15 bits per heavy atom. The molecular weight excluding hydrogens is 344 g/mol. The van der Waals surface area contributed by atoms with Gasteiger partial charge in [-0.1, -0.05) is 6.07 Å². The zero-order valence-corrected chi connectivity index (χ0v) is 16.2. The topological polar surface area (TPSA) is 59.3 Å². The van der Waals surface area contributed by atoms with Crippen LogP contribution in [0.3, 0.4) is 0 Å². The van der Waals surface area contributed by atoms with Gasteiger partial charge in [-0.25, -0.2) is 4.98 Å². The number of fused-ring (bicyclic) bond motifs is 1. The van der Waals surface area contributed by atoms with Crippen LogP contribution in [0, 0.1) is 6.92 Å². The van der Waals surface area contributed by atoms with E-state index in [0.29, 0.717) is 38.5 Å². The second-order valence-electron chi connectivity index (χ2n) is 7.43. The van der Waals surface area contributed by atoms with Crippen LogP contribution < -0.4 is 0 Å². The van der Waals surface area contributed by atoms with Crippen LogP contribution in [0.2, 0.25) is 0 Å². The van der Waals surface area contributed by atoms with E-state index >= 15 is 0 Å². The molecule has 2 aliphatic rings. The van der Waals surface area contributed by atoms with E-state index in [1.807, 2.05) is 30.2 Å². The number of likely N-dealkylation sites (tertiary alicyclic amines) is 1. The van der Waals surface area contributed by atoms with Crippen molar-refractivity contribution in [3.05, 3.63) is 35.3 Å². The Morgan fingerprint density at radius 3 is 2.93 bits per heavy atom. The quantitative estimate of drug-likeness (QED) is 0.818. The zero-order chi connectivity index (χ0) is 18.8. The van der Waals surface area contributed by atoms with Gasteiger partial charge in [0.1, 0.15) is 5.65 Å². The van der Waals surface area contributed by atoms with Gasteiger partial charge in [0.05, 0.1) is 25.0 Å². The lowest BCUT2D eigenvalue weighted by molar-refractivity contribution is 0.0264. The highest BCUT2D eigenvalue weighted by Crippen LogP contribution is 2.22. The Bertz CT molecular complexity index is 813. The molecule has 0 saturated carbocycles. The van der Waals surface area contributed by atoms with Crippen LogP contribution in [0.15, 0.2) is 18.3 Å². The Kier molecular flexibility index (Phi) is 5.43. The highest BCUT2D eigenvalue weighted by Gasteiger charge is 2.28. The number of pyridine rings is 1. The standard InChI is InChI=1S/C20H28N4O3/c1-15-5-3-8-24-17(14-22-7-4-6-16(13-22)26-2)18(21-19(15)24)20(25)23-9-11-27-12-10-23/h3,5,8,16H,4,6-7,9-14H2,1-2H3. The van der Waals surface area contributed by atoms with Crippen LogP contribution in [-0.4, -0.2) is 77.7 Å². The monoisotopic (exact) mass is 372 g/mol. The van der Waals surface area contributed by atoms with Crippen LogP contribution >= 0.6 is 0 Å². The molecule has 1 unspecified atom stereocenters. The van der Waals surface area contributed by atoms with Gasteiger partial charge in [0, 0.05) is 39.5 Å². The molecule has 4 rings (SSSR count). The molecule has 2 aromatic rings. The average molecular weight is 372 g/mol. The zero-order valence-electron chi connectivity index (χ0n) is 16.2. The molecule has 2 aliphatic heterocycles. The van der Waals surface area contributed by atoms with Crippen LogP contribution in [0.4, 0.5) is 0 Å². The number of nitrogens with zero attached hydrogens (tertiary/aromatic N) is 4. The van der Waals surface area contributed by atoms with Crippen molar-refractivity contribution in [1.82, 2.24) is 19.2 Å². The molecule has 2 aromatic heterocycles. The molecule has 1 atom stereocenters. The van der Waals surface area contributed by atoms with Crippen LogP contribution in [0.25, 0.3) is 5.65 Å². The lowest BCUT2D eigenvalue weighted by atomic mass is 10.1. The van der Waals surface area contributed by atoms with Crippen molar-refractivity contribution in [1.29, 1.82) is 0 Å². The van der Waals surface area contributed by atoms with Gasteiger partial charge < -0.3 is 18.8 Å². The summed E-state index contributed by atoms with van der Waals surface area (Å²) in [6.07, 6.45) is 4.48. The minimum absolute atomic E-state index is 0.0108. The first-order chi connectivity index (χ1) is 13.2. The number of morpholine rings is 1. The Balaban J connectivity index is 1.68. The fraction of sp³-hybridized carbons (Fsp3) is 0.600. The third kappa shape index (κ3) is 3.72. The molecule has 146 valence electrons. The Morgan fingerprint density at radius 1 is 1.33 bits per heavy atom. The molecule has 0 N–H and O–H groups in total. The Labute approximate surface area is 159 Å². The molecule has 7 nitrogen and oxygen atoms in total. The number of aryl methyl sites for hydroxylation is 1. The van der Waals surface area contributed by atoms with E-state index in [-0.39, 0.29) is 12.0 Å². The summed E-state index contributed by atoms with van der Waals surface area (Å²) in [6, 6.07) is 4.06. The van der Waals surface area contributed by atoms with Crippen molar-refractivity contribution in [2.24, 2.45) is 0 Å². The van der Waals surface area contributed by atoms with Crippen molar-refractivity contribution < 1.29 is 14.3 Å². The number of piperidine rings is 1. The normalized spacial score (nSPS) is 21.7. The largest absolute Gasteiger partial charge is 0.380 e. The molecular formula is C20H28N4O3. The van der Waals surface area contributed by atoms with Gasteiger partial charge in [0.2, 0.25) is 0 Å². The predicted molar refractivity (Wildman–Crippen MR) is 102 cm³/mol. The molecule has 27 heavy (non-hydrogen) atoms. The van der Waals surface area contributed by atoms with Crippen LogP contribution in [-0.2, 0) is 16.0 Å². The fourth-order valence-corrected chi connectivity index (χ4v) is 4.05. The summed E-state index contributed by atoms with van der Waals surface area (Å²) in [4.78, 5) is 22.2. The first-order valence-corrected chi connectivity index (χ1v) is 9.76. The number of rotatable bonds is 4. The highest BCUT2D eigenvalue weighted by molar-refractivity contribution is 5.94. The lowest BCUT2D eigenvalue weighted by Gasteiger charge is -2.32. The summed E-state index contributed by atoms with van der Waals surface area (Å²) >= 11 is 0. The first-order valence-electron chi connectivity index (χ1n) is 9.76. The van der Waals surface area contributed by atoms with Crippen molar-refractivity contribution in [3.63, 3.8) is 0 Å². The predicted octanol–water partition coefficient (Wildman–Crippen LogP) is 1.73. The van der Waals surface area contributed by atoms with E-state index in [1.54, 1.807) is 7.11 Å². The number of aromatic nitrogens is 2. The number of hydrogen-bond donors (Lipinski definition) is 0. The number of carbonyl (C=O) groups is 1. The maximum atomic E-state index is 13.2. The SMILES string of the molecule is COC1CCCN(Cc2c(C(=O)N3CCOCC3)nc3c(C)cccn23)C1. The maximum absolute atomic E-state index is 13.2. The molecule has 0 bridgehead atoms. The molecule has 2 fully saturated rings. The minimum atomic E-state index is 0.0108. The molecule has 7 heteroatoms. The number of hydrogen-bond acceptors (Lipinski definition) is 5. The molecule has 0 aromatic carbocycles. The van der Waals surface area contributed by atoms with E-state index in [2.05, 4.69) is 9.30 Å². The average Bonchev–Trinajstić information content (AvgIpc) is 3.08. The number of methoxy groups -OCH3 is 1. The second-order valence-corrected chi connectivity index (χ2v) is 7.43. The second kappa shape index (κ2) is 7.96. The summed E-state index contributed by atoms with van der Waals surface area (Å²) in [5.74, 6) is 0.0108. The molecule has 0 radical (unpaired) electrons. The molecule has 0 spiro atoms. The van der Waals surface area contributed by atoms with Gasteiger partial charge in [-0.05, 0) is 37.9 Å². The van der Waals surface area contributed by atoms with Crippen molar-refractivity contribution >= 4 is 11.6 Å². The maximum Gasteiger partial charge on any atom is 0.274 e. The Hall–Kier alpha value is -1.96. The van der Waals surface area contributed by atoms with Crippen molar-refractivity contribution in [3.8, 4) is 0 Å². The van der Waals surface area contributed by atoms with Gasteiger partial charge in [0.25, 0.3) is 5.91 Å². The first kappa shape index (κ1) is 18.4. The number of ether oxygens (including phenoxy) is 2.